The second-order valence-electron chi connectivity index (χ2n) is 5.64. The molecule has 1 aromatic heterocycles. The van der Waals surface area contributed by atoms with Crippen LogP contribution in [0.25, 0.3) is 0 Å². The Morgan fingerprint density at radius 3 is 2.95 bits per heavy atom. The van der Waals surface area contributed by atoms with Gasteiger partial charge in [0.25, 0.3) is 0 Å². The van der Waals surface area contributed by atoms with Gasteiger partial charge in [-0.05, 0) is 12.3 Å². The van der Waals surface area contributed by atoms with Crippen LogP contribution in [0.5, 0.6) is 0 Å². The summed E-state index contributed by atoms with van der Waals surface area (Å²) in [5.41, 5.74) is 5.96. The predicted octanol–water partition coefficient (Wildman–Crippen LogP) is 0.645. The maximum Gasteiger partial charge on any atom is 0.237 e. The van der Waals surface area contributed by atoms with Crippen molar-refractivity contribution < 1.29 is 4.79 Å². The molecule has 0 saturated carbocycles. The fourth-order valence-corrected chi connectivity index (χ4v) is 2.44. The van der Waals surface area contributed by atoms with E-state index in [1.54, 1.807) is 0 Å². The van der Waals surface area contributed by atoms with E-state index in [2.05, 4.69) is 15.4 Å². The van der Waals surface area contributed by atoms with Crippen LogP contribution in [0, 0.1) is 5.92 Å². The molecule has 0 radical (unpaired) electrons. The zero-order valence-corrected chi connectivity index (χ0v) is 12.6. The van der Waals surface area contributed by atoms with Gasteiger partial charge in [-0.25, -0.2) is 9.67 Å². The Balaban J connectivity index is 1.94. The van der Waals surface area contributed by atoms with E-state index in [9.17, 15) is 4.79 Å². The standard InChI is InChI=1S/C14H25N5O/c1-4-9(3)13(15)14(20)16-10-6-7-12-17-11(5-2)18-19(12)8-10/h9-10,13H,4-8,15H2,1-3H3,(H,16,20). The van der Waals surface area contributed by atoms with Crippen molar-refractivity contribution in [1.82, 2.24) is 20.1 Å². The van der Waals surface area contributed by atoms with E-state index in [0.717, 1.165) is 37.3 Å². The summed E-state index contributed by atoms with van der Waals surface area (Å²) in [7, 11) is 0. The lowest BCUT2D eigenvalue weighted by atomic mass is 9.98. The molecular weight excluding hydrogens is 254 g/mol. The van der Waals surface area contributed by atoms with Crippen molar-refractivity contribution in [3.63, 3.8) is 0 Å². The molecule has 0 fully saturated rings. The molecule has 20 heavy (non-hydrogen) atoms. The molecule has 0 saturated heterocycles. The lowest BCUT2D eigenvalue weighted by molar-refractivity contribution is -0.124. The Bertz CT molecular complexity index is 470. The summed E-state index contributed by atoms with van der Waals surface area (Å²) < 4.78 is 1.92. The van der Waals surface area contributed by atoms with Gasteiger partial charge in [-0.2, -0.15) is 5.10 Å². The molecule has 0 aromatic carbocycles. The van der Waals surface area contributed by atoms with Gasteiger partial charge in [0.15, 0.2) is 5.82 Å². The van der Waals surface area contributed by atoms with Gasteiger partial charge in [-0.3, -0.25) is 4.79 Å². The predicted molar refractivity (Wildman–Crippen MR) is 77.1 cm³/mol. The van der Waals surface area contributed by atoms with Crippen LogP contribution in [-0.2, 0) is 24.2 Å². The molecule has 0 bridgehead atoms. The molecule has 1 aromatic rings. The average molecular weight is 279 g/mol. The van der Waals surface area contributed by atoms with Gasteiger partial charge in [-0.15, -0.1) is 0 Å². The summed E-state index contributed by atoms with van der Waals surface area (Å²) in [5.74, 6) is 2.05. The van der Waals surface area contributed by atoms with E-state index in [4.69, 9.17) is 5.73 Å². The summed E-state index contributed by atoms with van der Waals surface area (Å²) >= 11 is 0. The van der Waals surface area contributed by atoms with Gasteiger partial charge in [0.2, 0.25) is 5.91 Å². The van der Waals surface area contributed by atoms with Crippen LogP contribution in [0.15, 0.2) is 0 Å². The van der Waals surface area contributed by atoms with Gasteiger partial charge in [0.1, 0.15) is 5.82 Å². The Labute approximate surface area is 120 Å². The normalized spacial score (nSPS) is 21.1. The van der Waals surface area contributed by atoms with Crippen LogP contribution < -0.4 is 11.1 Å². The maximum atomic E-state index is 12.1. The highest BCUT2D eigenvalue weighted by atomic mass is 16.2. The van der Waals surface area contributed by atoms with Gasteiger partial charge in [0.05, 0.1) is 12.6 Å². The van der Waals surface area contributed by atoms with Crippen molar-refractivity contribution in [2.75, 3.05) is 0 Å². The summed E-state index contributed by atoms with van der Waals surface area (Å²) in [6.07, 6.45) is 3.51. The van der Waals surface area contributed by atoms with Crippen molar-refractivity contribution in [1.29, 1.82) is 0 Å². The molecule has 1 aliphatic heterocycles. The average Bonchev–Trinajstić information content (AvgIpc) is 2.87. The highest BCUT2D eigenvalue weighted by molar-refractivity contribution is 5.82. The van der Waals surface area contributed by atoms with Crippen molar-refractivity contribution in [2.24, 2.45) is 11.7 Å². The number of hydrogen-bond donors (Lipinski definition) is 2. The third-order valence-electron chi connectivity index (χ3n) is 4.12. The molecule has 3 atom stereocenters. The molecule has 0 spiro atoms. The minimum atomic E-state index is -0.427. The van der Waals surface area contributed by atoms with Gasteiger partial charge >= 0.3 is 0 Å². The SMILES string of the molecule is CCc1nc2n(n1)CC(NC(=O)C(N)C(C)CC)CC2. The third kappa shape index (κ3) is 3.17. The van der Waals surface area contributed by atoms with E-state index in [-0.39, 0.29) is 17.9 Å². The lowest BCUT2D eigenvalue weighted by Crippen LogP contribution is -2.50. The number of aryl methyl sites for hydroxylation is 2. The fourth-order valence-electron chi connectivity index (χ4n) is 2.44. The van der Waals surface area contributed by atoms with E-state index >= 15 is 0 Å². The number of amides is 1. The number of nitrogens with zero attached hydrogens (tertiary/aromatic N) is 3. The van der Waals surface area contributed by atoms with Gasteiger partial charge < -0.3 is 11.1 Å². The molecule has 0 aliphatic carbocycles. The summed E-state index contributed by atoms with van der Waals surface area (Å²) in [6, 6.07) is -0.320. The number of carbonyl (C=O) groups excluding carboxylic acids is 1. The summed E-state index contributed by atoms with van der Waals surface area (Å²) in [6.45, 7) is 6.80. The van der Waals surface area contributed by atoms with E-state index in [1.165, 1.54) is 0 Å². The van der Waals surface area contributed by atoms with Crippen molar-refractivity contribution in [3.8, 4) is 0 Å². The van der Waals surface area contributed by atoms with Crippen LogP contribution in [-0.4, -0.2) is 32.8 Å². The molecule has 2 rings (SSSR count). The first-order valence-electron chi connectivity index (χ1n) is 7.53. The molecule has 1 aliphatic rings. The highest BCUT2D eigenvalue weighted by Crippen LogP contribution is 2.14. The number of hydrogen-bond acceptors (Lipinski definition) is 4. The number of aromatic nitrogens is 3. The van der Waals surface area contributed by atoms with Crippen LogP contribution >= 0.6 is 0 Å². The number of rotatable bonds is 5. The monoisotopic (exact) mass is 279 g/mol. The first-order chi connectivity index (χ1) is 9.55. The van der Waals surface area contributed by atoms with Gasteiger partial charge in [0, 0.05) is 18.9 Å². The molecule has 3 unspecified atom stereocenters. The second kappa shape index (κ2) is 6.35. The molecule has 3 N–H and O–H groups in total. The van der Waals surface area contributed by atoms with Crippen molar-refractivity contribution in [3.05, 3.63) is 11.6 Å². The smallest absolute Gasteiger partial charge is 0.237 e. The fraction of sp³-hybridized carbons (Fsp3) is 0.786. The van der Waals surface area contributed by atoms with Crippen LogP contribution in [0.1, 0.15) is 45.3 Å². The van der Waals surface area contributed by atoms with E-state index in [0.29, 0.717) is 6.54 Å². The van der Waals surface area contributed by atoms with Crippen LogP contribution in [0.4, 0.5) is 0 Å². The Hall–Kier alpha value is -1.43. The number of nitrogens with two attached hydrogens (primary N) is 1. The first-order valence-corrected chi connectivity index (χ1v) is 7.53. The van der Waals surface area contributed by atoms with E-state index in [1.807, 2.05) is 25.5 Å². The molecule has 6 heteroatoms. The molecule has 112 valence electrons. The Morgan fingerprint density at radius 2 is 2.30 bits per heavy atom. The van der Waals surface area contributed by atoms with Crippen LogP contribution in [0.3, 0.4) is 0 Å². The zero-order valence-electron chi connectivity index (χ0n) is 12.6. The maximum absolute atomic E-state index is 12.1. The largest absolute Gasteiger partial charge is 0.350 e. The molecular formula is C14H25N5O. The number of fused-ring (bicyclic) bond motifs is 1. The Kier molecular flexibility index (Phi) is 4.75. The molecule has 6 nitrogen and oxygen atoms in total. The summed E-state index contributed by atoms with van der Waals surface area (Å²) in [4.78, 5) is 16.6. The highest BCUT2D eigenvalue weighted by Gasteiger charge is 2.26. The number of carbonyl (C=O) groups is 1. The van der Waals surface area contributed by atoms with Crippen LogP contribution in [0.2, 0.25) is 0 Å². The second-order valence-corrected chi connectivity index (χ2v) is 5.64. The quantitative estimate of drug-likeness (QED) is 0.828. The minimum absolute atomic E-state index is 0.0522. The summed E-state index contributed by atoms with van der Waals surface area (Å²) in [5, 5.41) is 7.50. The van der Waals surface area contributed by atoms with Gasteiger partial charge in [-0.1, -0.05) is 27.2 Å². The zero-order chi connectivity index (χ0) is 14.7. The minimum Gasteiger partial charge on any atom is -0.350 e. The van der Waals surface area contributed by atoms with E-state index < -0.39 is 6.04 Å². The molecule has 2 heterocycles. The lowest BCUT2D eigenvalue weighted by Gasteiger charge is -2.26. The van der Waals surface area contributed by atoms with Crippen molar-refractivity contribution >= 4 is 5.91 Å². The molecule has 1 amide bonds. The Morgan fingerprint density at radius 1 is 1.55 bits per heavy atom. The topological polar surface area (TPSA) is 85.8 Å². The van der Waals surface area contributed by atoms with Crippen molar-refractivity contribution in [2.45, 2.75) is 65.1 Å². The number of nitrogens with one attached hydrogen (secondary N) is 1. The third-order valence-corrected chi connectivity index (χ3v) is 4.12. The first kappa shape index (κ1) is 15.0.